The molecule has 0 aliphatic carbocycles. The lowest BCUT2D eigenvalue weighted by Crippen LogP contribution is -2.38. The molecule has 1 rings (SSSR count). The summed E-state index contributed by atoms with van der Waals surface area (Å²) in [6.07, 6.45) is -1.51. The summed E-state index contributed by atoms with van der Waals surface area (Å²) in [6.45, 7) is 4.97. The van der Waals surface area contributed by atoms with Crippen molar-refractivity contribution in [1.29, 1.82) is 0 Å². The molecule has 0 saturated heterocycles. The summed E-state index contributed by atoms with van der Waals surface area (Å²) >= 11 is 5.90. The first kappa shape index (κ1) is 21.8. The molecule has 7 nitrogen and oxygen atoms in total. The van der Waals surface area contributed by atoms with E-state index in [1.54, 1.807) is 45.0 Å². The van der Waals surface area contributed by atoms with Gasteiger partial charge in [-0.2, -0.15) is 0 Å². The smallest absolute Gasteiger partial charge is 0.410 e. The number of rotatable bonds is 9. The van der Waals surface area contributed by atoms with Crippen LogP contribution in [0.15, 0.2) is 24.3 Å². The van der Waals surface area contributed by atoms with E-state index in [4.69, 9.17) is 21.1 Å². The van der Waals surface area contributed by atoms with Crippen molar-refractivity contribution in [2.45, 2.75) is 39.9 Å². The van der Waals surface area contributed by atoms with Gasteiger partial charge in [0.2, 0.25) is 0 Å². The second-order valence-electron chi connectivity index (χ2n) is 6.11. The molecule has 0 spiro atoms. The Hall–Kier alpha value is -2.28. The molecule has 0 heterocycles. The van der Waals surface area contributed by atoms with Crippen LogP contribution in [0.25, 0.3) is 0 Å². The fourth-order valence-corrected chi connectivity index (χ4v) is 2.27. The molecule has 0 aromatic heterocycles. The van der Waals surface area contributed by atoms with Gasteiger partial charge < -0.3 is 19.9 Å². The van der Waals surface area contributed by atoms with E-state index in [-0.39, 0.29) is 25.3 Å². The Morgan fingerprint density at radius 3 is 2.46 bits per heavy atom. The van der Waals surface area contributed by atoms with Gasteiger partial charge in [-0.05, 0) is 24.1 Å². The Bertz CT molecular complexity index is 634. The lowest BCUT2D eigenvalue weighted by molar-refractivity contribution is -0.174. The molecule has 0 aliphatic heterocycles. The lowest BCUT2D eigenvalue weighted by atomic mass is 9.99. The minimum absolute atomic E-state index is 0.132. The van der Waals surface area contributed by atoms with Crippen molar-refractivity contribution in [2.24, 2.45) is 11.8 Å². The largest absolute Gasteiger partial charge is 0.481 e. The number of carboxylic acid groups (broad SMARTS) is 1. The molecular formula is C18H24ClNO6. The third-order valence-corrected chi connectivity index (χ3v) is 3.75. The number of nitrogens with one attached hydrogen (secondary N) is 1. The van der Waals surface area contributed by atoms with Crippen LogP contribution in [0.5, 0.6) is 0 Å². The molecule has 26 heavy (non-hydrogen) atoms. The van der Waals surface area contributed by atoms with Gasteiger partial charge in [0.15, 0.2) is 0 Å². The second kappa shape index (κ2) is 10.7. The minimum Gasteiger partial charge on any atom is -0.481 e. The molecule has 2 atom stereocenters. The first-order valence-corrected chi connectivity index (χ1v) is 8.71. The summed E-state index contributed by atoms with van der Waals surface area (Å²) in [7, 11) is 0. The highest BCUT2D eigenvalue weighted by Crippen LogP contribution is 2.15. The predicted molar refractivity (Wildman–Crippen MR) is 95.8 cm³/mol. The Morgan fingerprint density at radius 2 is 1.92 bits per heavy atom. The summed E-state index contributed by atoms with van der Waals surface area (Å²) in [5.41, 5.74) is 0.747. The first-order chi connectivity index (χ1) is 12.2. The number of carbonyl (C=O) groups excluding carboxylic acids is 2. The maximum atomic E-state index is 11.9. The van der Waals surface area contributed by atoms with Gasteiger partial charge in [-0.1, -0.05) is 44.5 Å². The van der Waals surface area contributed by atoms with E-state index in [0.29, 0.717) is 5.02 Å². The van der Waals surface area contributed by atoms with Crippen LogP contribution in [-0.2, 0) is 25.5 Å². The Labute approximate surface area is 157 Å². The fraction of sp³-hybridized carbons (Fsp3) is 0.500. The molecule has 0 aliphatic rings. The minimum atomic E-state index is -1.05. The number of amides is 1. The molecule has 0 fully saturated rings. The molecule has 1 aromatic rings. The van der Waals surface area contributed by atoms with Gasteiger partial charge in [-0.3, -0.25) is 9.59 Å². The number of aliphatic carboxylic acids is 1. The molecule has 0 bridgehead atoms. The molecule has 1 aromatic carbocycles. The SMILES string of the molecule is CCC(=O)O[C@@H](OC(=O)NC[C@H](Cc1cccc(Cl)c1)C(=O)O)C(C)C. The van der Waals surface area contributed by atoms with Gasteiger partial charge in [0.1, 0.15) is 0 Å². The second-order valence-corrected chi connectivity index (χ2v) is 6.55. The summed E-state index contributed by atoms with van der Waals surface area (Å²) in [5, 5.41) is 12.3. The zero-order valence-corrected chi connectivity index (χ0v) is 15.8. The molecule has 2 N–H and O–H groups in total. The Balaban J connectivity index is 2.60. The highest BCUT2D eigenvalue weighted by atomic mass is 35.5. The maximum absolute atomic E-state index is 11.9. The van der Waals surface area contributed by atoms with E-state index in [1.165, 1.54) is 0 Å². The van der Waals surface area contributed by atoms with Crippen LogP contribution in [0, 0.1) is 11.8 Å². The molecular weight excluding hydrogens is 362 g/mol. The number of ether oxygens (including phenoxy) is 2. The zero-order valence-electron chi connectivity index (χ0n) is 15.0. The van der Waals surface area contributed by atoms with Gasteiger partial charge in [0.25, 0.3) is 6.29 Å². The van der Waals surface area contributed by atoms with Gasteiger partial charge in [0, 0.05) is 23.9 Å². The van der Waals surface area contributed by atoms with E-state index < -0.39 is 30.2 Å². The van der Waals surface area contributed by atoms with Crippen molar-refractivity contribution in [3.8, 4) is 0 Å². The van der Waals surface area contributed by atoms with Crippen LogP contribution in [0.4, 0.5) is 4.79 Å². The van der Waals surface area contributed by atoms with E-state index in [9.17, 15) is 19.5 Å². The van der Waals surface area contributed by atoms with Crippen molar-refractivity contribution in [2.75, 3.05) is 6.54 Å². The lowest BCUT2D eigenvalue weighted by Gasteiger charge is -2.22. The first-order valence-electron chi connectivity index (χ1n) is 8.34. The number of hydrogen-bond donors (Lipinski definition) is 2. The fourth-order valence-electron chi connectivity index (χ4n) is 2.06. The highest BCUT2D eigenvalue weighted by molar-refractivity contribution is 6.30. The van der Waals surface area contributed by atoms with Gasteiger partial charge >= 0.3 is 18.0 Å². The summed E-state index contributed by atoms with van der Waals surface area (Å²) in [4.78, 5) is 34.7. The molecule has 0 saturated carbocycles. The van der Waals surface area contributed by atoms with Gasteiger partial charge in [-0.25, -0.2) is 4.79 Å². The van der Waals surface area contributed by atoms with E-state index in [1.807, 2.05) is 0 Å². The molecule has 1 amide bonds. The van der Waals surface area contributed by atoms with E-state index in [0.717, 1.165) is 5.56 Å². The number of hydrogen-bond acceptors (Lipinski definition) is 5. The molecule has 8 heteroatoms. The number of halogens is 1. The van der Waals surface area contributed by atoms with Crippen molar-refractivity contribution in [1.82, 2.24) is 5.32 Å². The van der Waals surface area contributed by atoms with Crippen LogP contribution < -0.4 is 5.32 Å². The quantitative estimate of drug-likeness (QED) is 0.499. The topological polar surface area (TPSA) is 102 Å². The van der Waals surface area contributed by atoms with Crippen molar-refractivity contribution >= 4 is 29.6 Å². The van der Waals surface area contributed by atoms with Crippen LogP contribution in [0.3, 0.4) is 0 Å². The third-order valence-electron chi connectivity index (χ3n) is 3.52. The van der Waals surface area contributed by atoms with E-state index in [2.05, 4.69) is 5.32 Å². The summed E-state index contributed by atoms with van der Waals surface area (Å²) in [6, 6.07) is 6.86. The predicted octanol–water partition coefficient (Wildman–Crippen LogP) is 3.24. The normalized spacial score (nSPS) is 13.0. The van der Waals surface area contributed by atoms with Crippen molar-refractivity contribution < 1.29 is 29.0 Å². The van der Waals surface area contributed by atoms with Gasteiger partial charge in [-0.15, -0.1) is 0 Å². The third kappa shape index (κ3) is 7.74. The number of benzene rings is 1. The van der Waals surface area contributed by atoms with Crippen molar-refractivity contribution in [3.05, 3.63) is 34.9 Å². The van der Waals surface area contributed by atoms with Gasteiger partial charge in [0.05, 0.1) is 5.92 Å². The number of carbonyl (C=O) groups is 3. The Morgan fingerprint density at radius 1 is 1.23 bits per heavy atom. The molecule has 144 valence electrons. The van der Waals surface area contributed by atoms with Crippen molar-refractivity contribution in [3.63, 3.8) is 0 Å². The zero-order chi connectivity index (χ0) is 19.7. The number of carboxylic acids is 1. The highest BCUT2D eigenvalue weighted by Gasteiger charge is 2.24. The average Bonchev–Trinajstić information content (AvgIpc) is 2.57. The maximum Gasteiger partial charge on any atom is 0.410 e. The summed E-state index contributed by atoms with van der Waals surface area (Å²) < 4.78 is 10.1. The monoisotopic (exact) mass is 385 g/mol. The molecule has 0 unspecified atom stereocenters. The standard InChI is InChI=1S/C18H24ClNO6/c1-4-15(21)25-17(11(2)3)26-18(24)20-10-13(16(22)23)8-12-6-5-7-14(19)9-12/h5-7,9,11,13,17H,4,8,10H2,1-3H3,(H,20,24)(H,22,23)/t13-,17-/m0/s1. The van der Waals surface area contributed by atoms with Crippen LogP contribution in [-0.4, -0.2) is 36.0 Å². The van der Waals surface area contributed by atoms with Crippen LogP contribution >= 0.6 is 11.6 Å². The number of alkyl carbamates (subject to hydrolysis) is 1. The molecule has 0 radical (unpaired) electrons. The number of esters is 1. The summed E-state index contributed by atoms with van der Waals surface area (Å²) in [5.74, 6) is -2.63. The average molecular weight is 386 g/mol. The van der Waals surface area contributed by atoms with E-state index >= 15 is 0 Å². The van der Waals surface area contributed by atoms with Crippen LogP contribution in [0.2, 0.25) is 5.02 Å². The van der Waals surface area contributed by atoms with Crippen LogP contribution in [0.1, 0.15) is 32.8 Å². The Kier molecular flexibility index (Phi) is 8.92.